The molecule has 1 atom stereocenters. The third-order valence-electron chi connectivity index (χ3n) is 4.01. The molecule has 5 heteroatoms. The van der Waals surface area contributed by atoms with Crippen LogP contribution in [0.4, 0.5) is 5.69 Å². The summed E-state index contributed by atoms with van der Waals surface area (Å²) < 4.78 is 5.26. The molecule has 5 nitrogen and oxygen atoms in total. The minimum atomic E-state index is -0.395. The van der Waals surface area contributed by atoms with Crippen LogP contribution < -0.4 is 15.4 Å². The molecule has 21 heavy (non-hydrogen) atoms. The Balaban J connectivity index is 1.95. The highest BCUT2D eigenvalue weighted by Gasteiger charge is 2.26. The van der Waals surface area contributed by atoms with Crippen molar-refractivity contribution in [2.24, 2.45) is 11.7 Å². The molecule has 116 valence electrons. The maximum absolute atomic E-state index is 12.2. The normalized spacial score (nSPS) is 17.0. The smallest absolute Gasteiger partial charge is 0.239 e. The molecule has 1 aliphatic heterocycles. The molecule has 0 spiro atoms. The van der Waals surface area contributed by atoms with Gasteiger partial charge in [-0.1, -0.05) is 19.9 Å². The summed E-state index contributed by atoms with van der Waals surface area (Å²) in [7, 11) is 1.67. The number of nitrogens with zero attached hydrogens (tertiary/aromatic N) is 2. The van der Waals surface area contributed by atoms with Crippen molar-refractivity contribution in [2.75, 3.05) is 38.2 Å². The first-order valence-electron chi connectivity index (χ1n) is 7.46. The van der Waals surface area contributed by atoms with Crippen molar-refractivity contribution in [3.8, 4) is 5.75 Å². The van der Waals surface area contributed by atoms with Gasteiger partial charge in [0.2, 0.25) is 5.91 Å². The first-order valence-corrected chi connectivity index (χ1v) is 7.46. The van der Waals surface area contributed by atoms with Crippen LogP contribution in [0, 0.1) is 5.92 Å². The second-order valence-corrected chi connectivity index (χ2v) is 5.78. The molecule has 1 heterocycles. The standard InChI is InChI=1S/C16H25N3O2/c1-12(2)15(17)16(20)19-9-7-18(8-10-19)13-5-4-6-14(11-13)21-3/h4-6,11-12,15H,7-10,17H2,1-3H3/t15-/m1/s1. The summed E-state index contributed by atoms with van der Waals surface area (Å²) in [5.41, 5.74) is 7.09. The average Bonchev–Trinajstić information content (AvgIpc) is 2.53. The van der Waals surface area contributed by atoms with E-state index in [1.807, 2.05) is 36.9 Å². The zero-order valence-electron chi connectivity index (χ0n) is 13.1. The summed E-state index contributed by atoms with van der Waals surface area (Å²) in [6.07, 6.45) is 0. The lowest BCUT2D eigenvalue weighted by molar-refractivity contribution is -0.133. The van der Waals surface area contributed by atoms with Crippen LogP contribution in [0.25, 0.3) is 0 Å². The van der Waals surface area contributed by atoms with Crippen molar-refractivity contribution in [2.45, 2.75) is 19.9 Å². The number of carbonyl (C=O) groups is 1. The van der Waals surface area contributed by atoms with Gasteiger partial charge in [-0.25, -0.2) is 0 Å². The number of anilines is 1. The van der Waals surface area contributed by atoms with Gasteiger partial charge in [-0.15, -0.1) is 0 Å². The number of ether oxygens (including phenoxy) is 1. The van der Waals surface area contributed by atoms with Crippen LogP contribution in [0.2, 0.25) is 0 Å². The van der Waals surface area contributed by atoms with Crippen LogP contribution in [0.15, 0.2) is 24.3 Å². The van der Waals surface area contributed by atoms with Crippen molar-refractivity contribution < 1.29 is 9.53 Å². The number of hydrogen-bond acceptors (Lipinski definition) is 4. The van der Waals surface area contributed by atoms with Gasteiger partial charge in [0.15, 0.2) is 0 Å². The Bertz CT molecular complexity index is 482. The van der Waals surface area contributed by atoms with E-state index in [-0.39, 0.29) is 11.8 Å². The topological polar surface area (TPSA) is 58.8 Å². The lowest BCUT2D eigenvalue weighted by Gasteiger charge is -2.37. The maximum atomic E-state index is 12.2. The van der Waals surface area contributed by atoms with E-state index in [1.54, 1.807) is 7.11 Å². The molecule has 2 rings (SSSR count). The quantitative estimate of drug-likeness (QED) is 0.909. The first-order chi connectivity index (χ1) is 10.0. The fraction of sp³-hybridized carbons (Fsp3) is 0.562. The van der Waals surface area contributed by atoms with Gasteiger partial charge in [0, 0.05) is 37.9 Å². The fourth-order valence-corrected chi connectivity index (χ4v) is 2.49. The van der Waals surface area contributed by atoms with Crippen molar-refractivity contribution in [3.63, 3.8) is 0 Å². The van der Waals surface area contributed by atoms with Gasteiger partial charge in [0.05, 0.1) is 13.2 Å². The van der Waals surface area contributed by atoms with Gasteiger partial charge in [-0.2, -0.15) is 0 Å². The SMILES string of the molecule is COc1cccc(N2CCN(C(=O)[C@H](N)C(C)C)CC2)c1. The average molecular weight is 291 g/mol. The molecule has 0 radical (unpaired) electrons. The number of benzene rings is 1. The van der Waals surface area contributed by atoms with Crippen LogP contribution in [0.3, 0.4) is 0 Å². The van der Waals surface area contributed by atoms with E-state index in [0.29, 0.717) is 0 Å². The lowest BCUT2D eigenvalue weighted by Crippen LogP contribution is -2.54. The predicted molar refractivity (Wildman–Crippen MR) is 84.6 cm³/mol. The van der Waals surface area contributed by atoms with Crippen molar-refractivity contribution in [1.82, 2.24) is 4.90 Å². The summed E-state index contributed by atoms with van der Waals surface area (Å²) in [4.78, 5) is 16.4. The van der Waals surface area contributed by atoms with E-state index < -0.39 is 6.04 Å². The molecule has 1 aliphatic rings. The molecular formula is C16H25N3O2. The summed E-state index contributed by atoms with van der Waals surface area (Å²) in [5, 5.41) is 0. The van der Waals surface area contributed by atoms with Gasteiger partial charge in [0.25, 0.3) is 0 Å². The molecule has 0 saturated carbocycles. The highest BCUT2D eigenvalue weighted by atomic mass is 16.5. The second kappa shape index (κ2) is 6.80. The zero-order chi connectivity index (χ0) is 15.4. The highest BCUT2D eigenvalue weighted by Crippen LogP contribution is 2.22. The van der Waals surface area contributed by atoms with Gasteiger partial charge >= 0.3 is 0 Å². The minimum Gasteiger partial charge on any atom is -0.497 e. The molecule has 2 N–H and O–H groups in total. The van der Waals surface area contributed by atoms with E-state index in [2.05, 4.69) is 11.0 Å². The molecule has 1 fully saturated rings. The summed E-state index contributed by atoms with van der Waals surface area (Å²) >= 11 is 0. The zero-order valence-corrected chi connectivity index (χ0v) is 13.1. The van der Waals surface area contributed by atoms with Crippen molar-refractivity contribution in [3.05, 3.63) is 24.3 Å². The lowest BCUT2D eigenvalue weighted by atomic mass is 10.0. The number of nitrogens with two attached hydrogens (primary N) is 1. The number of amides is 1. The Morgan fingerprint density at radius 2 is 1.90 bits per heavy atom. The number of carbonyl (C=O) groups excluding carboxylic acids is 1. The number of hydrogen-bond donors (Lipinski definition) is 1. The highest BCUT2D eigenvalue weighted by molar-refractivity contribution is 5.82. The third kappa shape index (κ3) is 3.67. The van der Waals surface area contributed by atoms with Crippen LogP contribution in [-0.4, -0.2) is 50.1 Å². The van der Waals surface area contributed by atoms with E-state index in [4.69, 9.17) is 10.5 Å². The molecule has 0 bridgehead atoms. The van der Waals surface area contributed by atoms with Crippen LogP contribution in [0.1, 0.15) is 13.8 Å². The summed E-state index contributed by atoms with van der Waals surface area (Å²) in [6.45, 7) is 7.05. The van der Waals surface area contributed by atoms with Gasteiger partial charge in [-0.05, 0) is 18.1 Å². The van der Waals surface area contributed by atoms with Crippen LogP contribution in [-0.2, 0) is 4.79 Å². The molecule has 0 unspecified atom stereocenters. The van der Waals surface area contributed by atoms with Gasteiger partial charge in [-0.3, -0.25) is 4.79 Å². The maximum Gasteiger partial charge on any atom is 0.239 e. The minimum absolute atomic E-state index is 0.0651. The molecule has 0 aromatic heterocycles. The fourth-order valence-electron chi connectivity index (χ4n) is 2.49. The summed E-state index contributed by atoms with van der Waals surface area (Å²) in [6, 6.07) is 7.62. The molecule has 0 aliphatic carbocycles. The Labute approximate surface area is 126 Å². The van der Waals surface area contributed by atoms with E-state index >= 15 is 0 Å². The van der Waals surface area contributed by atoms with Crippen LogP contribution in [0.5, 0.6) is 5.75 Å². The Morgan fingerprint density at radius 1 is 1.24 bits per heavy atom. The summed E-state index contributed by atoms with van der Waals surface area (Å²) in [5.74, 6) is 1.09. The molecule has 1 saturated heterocycles. The number of methoxy groups -OCH3 is 1. The molecular weight excluding hydrogens is 266 g/mol. The monoisotopic (exact) mass is 291 g/mol. The van der Waals surface area contributed by atoms with Crippen molar-refractivity contribution >= 4 is 11.6 Å². The van der Waals surface area contributed by atoms with E-state index in [1.165, 1.54) is 0 Å². The number of piperazine rings is 1. The van der Waals surface area contributed by atoms with E-state index in [0.717, 1.165) is 37.6 Å². The Kier molecular flexibility index (Phi) is 5.07. The van der Waals surface area contributed by atoms with Gasteiger partial charge in [0.1, 0.15) is 5.75 Å². The number of rotatable bonds is 4. The predicted octanol–water partition coefficient (Wildman–Crippen LogP) is 1.33. The van der Waals surface area contributed by atoms with E-state index in [9.17, 15) is 4.79 Å². The largest absolute Gasteiger partial charge is 0.497 e. The molecule has 1 amide bonds. The first kappa shape index (κ1) is 15.6. The molecule has 1 aromatic carbocycles. The Hall–Kier alpha value is -1.75. The Morgan fingerprint density at radius 3 is 2.48 bits per heavy atom. The van der Waals surface area contributed by atoms with Gasteiger partial charge < -0.3 is 20.3 Å². The molecule has 1 aromatic rings. The third-order valence-corrected chi connectivity index (χ3v) is 4.01. The second-order valence-electron chi connectivity index (χ2n) is 5.78. The van der Waals surface area contributed by atoms with Crippen LogP contribution >= 0.6 is 0 Å². The van der Waals surface area contributed by atoms with Crippen molar-refractivity contribution in [1.29, 1.82) is 0 Å².